The highest BCUT2D eigenvalue weighted by Crippen LogP contribution is 2.32. The molecule has 1 saturated carbocycles. The maximum atomic E-state index is 12.0. The Morgan fingerprint density at radius 3 is 2.47 bits per heavy atom. The average Bonchev–Trinajstić information content (AvgIpc) is 2.34. The number of nitrogens with one attached hydrogen (secondary N) is 1. The van der Waals surface area contributed by atoms with Crippen LogP contribution >= 0.6 is 0 Å². The molecule has 5 heteroatoms. The minimum atomic E-state index is -3.73. The molecule has 0 bridgehead atoms. The van der Waals surface area contributed by atoms with Crippen LogP contribution in [0.2, 0.25) is 0 Å². The van der Waals surface area contributed by atoms with Gasteiger partial charge in [0, 0.05) is 5.92 Å². The lowest BCUT2D eigenvalue weighted by Crippen LogP contribution is -2.35. The van der Waals surface area contributed by atoms with Crippen LogP contribution in [0, 0.1) is 11.8 Å². The summed E-state index contributed by atoms with van der Waals surface area (Å²) in [5.74, 6) is -0.0836. The topological polar surface area (TPSA) is 63.2 Å². The number of sulfonamides is 1. The SMILES string of the molecule is C[C@@H](CC1CCC1)C(=O)NS(=O)(=O)c1ccccc1. The van der Waals surface area contributed by atoms with Gasteiger partial charge in [0.25, 0.3) is 10.0 Å². The fourth-order valence-corrected chi connectivity index (χ4v) is 3.33. The molecule has 1 atom stereocenters. The average molecular weight is 281 g/mol. The molecule has 1 amide bonds. The van der Waals surface area contributed by atoms with Crippen LogP contribution in [-0.2, 0) is 14.8 Å². The van der Waals surface area contributed by atoms with Gasteiger partial charge in [-0.15, -0.1) is 0 Å². The monoisotopic (exact) mass is 281 g/mol. The summed E-state index contributed by atoms with van der Waals surface area (Å²) in [6, 6.07) is 7.96. The highest BCUT2D eigenvalue weighted by Gasteiger charge is 2.26. The molecule has 0 radical (unpaired) electrons. The van der Waals surface area contributed by atoms with E-state index in [-0.39, 0.29) is 10.8 Å². The van der Waals surface area contributed by atoms with E-state index in [1.165, 1.54) is 18.6 Å². The van der Waals surface area contributed by atoms with Crippen molar-refractivity contribution in [2.24, 2.45) is 11.8 Å². The number of carbonyl (C=O) groups is 1. The van der Waals surface area contributed by atoms with E-state index in [2.05, 4.69) is 4.72 Å². The van der Waals surface area contributed by atoms with Crippen LogP contribution in [0.3, 0.4) is 0 Å². The van der Waals surface area contributed by atoms with Gasteiger partial charge in [0.1, 0.15) is 0 Å². The van der Waals surface area contributed by atoms with Gasteiger partial charge < -0.3 is 0 Å². The number of hydrogen-bond acceptors (Lipinski definition) is 3. The van der Waals surface area contributed by atoms with Crippen molar-refractivity contribution in [2.45, 2.75) is 37.5 Å². The lowest BCUT2D eigenvalue weighted by Gasteiger charge is -2.27. The number of carbonyl (C=O) groups excluding carboxylic acids is 1. The molecule has 1 aromatic rings. The second-order valence-corrected chi connectivity index (χ2v) is 6.90. The summed E-state index contributed by atoms with van der Waals surface area (Å²) in [5, 5.41) is 0. The Bertz CT molecular complexity index is 535. The third-order valence-electron chi connectivity index (χ3n) is 3.65. The van der Waals surface area contributed by atoms with E-state index >= 15 is 0 Å². The fourth-order valence-electron chi connectivity index (χ4n) is 2.23. The lowest BCUT2D eigenvalue weighted by molar-refractivity contribution is -0.123. The van der Waals surface area contributed by atoms with E-state index in [1.807, 2.05) is 0 Å². The minimum Gasteiger partial charge on any atom is -0.274 e. The molecule has 0 unspecified atom stereocenters. The van der Waals surface area contributed by atoms with Gasteiger partial charge in [-0.1, -0.05) is 44.4 Å². The molecular formula is C14H19NO3S. The van der Waals surface area contributed by atoms with Gasteiger partial charge in [-0.3, -0.25) is 4.79 Å². The van der Waals surface area contributed by atoms with Gasteiger partial charge in [0.05, 0.1) is 4.90 Å². The second kappa shape index (κ2) is 5.74. The molecule has 1 N–H and O–H groups in total. The second-order valence-electron chi connectivity index (χ2n) is 5.22. The molecule has 4 nitrogen and oxygen atoms in total. The Morgan fingerprint density at radius 2 is 1.95 bits per heavy atom. The third-order valence-corrected chi connectivity index (χ3v) is 5.01. The van der Waals surface area contributed by atoms with Gasteiger partial charge >= 0.3 is 0 Å². The highest BCUT2D eigenvalue weighted by molar-refractivity contribution is 7.90. The predicted molar refractivity (Wildman–Crippen MR) is 72.9 cm³/mol. The Hall–Kier alpha value is -1.36. The van der Waals surface area contributed by atoms with Gasteiger partial charge in [0.15, 0.2) is 0 Å². The van der Waals surface area contributed by atoms with Crippen LogP contribution in [-0.4, -0.2) is 14.3 Å². The molecule has 104 valence electrons. The summed E-state index contributed by atoms with van der Waals surface area (Å²) in [7, 11) is -3.73. The molecule has 2 rings (SSSR count). The minimum absolute atomic E-state index is 0.124. The van der Waals surface area contributed by atoms with Crippen LogP contribution in [0.1, 0.15) is 32.6 Å². The molecular weight excluding hydrogens is 262 g/mol. The van der Waals surface area contributed by atoms with Crippen molar-refractivity contribution in [1.29, 1.82) is 0 Å². The molecule has 0 saturated heterocycles. The molecule has 19 heavy (non-hydrogen) atoms. The fraction of sp³-hybridized carbons (Fsp3) is 0.500. The summed E-state index contributed by atoms with van der Waals surface area (Å²) in [4.78, 5) is 12.0. The summed E-state index contributed by atoms with van der Waals surface area (Å²) in [6.07, 6.45) is 4.31. The van der Waals surface area contributed by atoms with Crippen LogP contribution in [0.5, 0.6) is 0 Å². The van der Waals surface area contributed by atoms with Gasteiger partial charge in [-0.05, 0) is 24.5 Å². The smallest absolute Gasteiger partial charge is 0.264 e. The van der Waals surface area contributed by atoms with E-state index in [0.717, 1.165) is 19.3 Å². The van der Waals surface area contributed by atoms with Gasteiger partial charge in [-0.2, -0.15) is 0 Å². The first-order valence-electron chi connectivity index (χ1n) is 6.61. The third kappa shape index (κ3) is 3.56. The van der Waals surface area contributed by atoms with E-state index in [9.17, 15) is 13.2 Å². The van der Waals surface area contributed by atoms with E-state index in [1.54, 1.807) is 25.1 Å². The summed E-state index contributed by atoms with van der Waals surface area (Å²) < 4.78 is 26.1. The Balaban J connectivity index is 1.97. The highest BCUT2D eigenvalue weighted by atomic mass is 32.2. The van der Waals surface area contributed by atoms with Crippen molar-refractivity contribution in [1.82, 2.24) is 4.72 Å². The molecule has 0 heterocycles. The molecule has 0 spiro atoms. The van der Waals surface area contributed by atoms with Crippen LogP contribution in [0.25, 0.3) is 0 Å². The molecule has 1 aliphatic rings. The van der Waals surface area contributed by atoms with E-state index in [4.69, 9.17) is 0 Å². The van der Waals surface area contributed by atoms with Crippen molar-refractivity contribution in [2.75, 3.05) is 0 Å². The normalized spacial score (nSPS) is 17.5. The van der Waals surface area contributed by atoms with Crippen LogP contribution < -0.4 is 4.72 Å². The number of hydrogen-bond donors (Lipinski definition) is 1. The molecule has 0 aliphatic heterocycles. The summed E-state index contributed by atoms with van der Waals surface area (Å²) >= 11 is 0. The molecule has 1 fully saturated rings. The van der Waals surface area contributed by atoms with Crippen molar-refractivity contribution in [3.63, 3.8) is 0 Å². The van der Waals surface area contributed by atoms with Crippen molar-refractivity contribution in [3.8, 4) is 0 Å². The first-order chi connectivity index (χ1) is 8.99. The maximum Gasteiger partial charge on any atom is 0.264 e. The molecule has 0 aromatic heterocycles. The first kappa shape index (κ1) is 14.1. The van der Waals surface area contributed by atoms with Gasteiger partial charge in [-0.25, -0.2) is 13.1 Å². The maximum absolute atomic E-state index is 12.0. The lowest BCUT2D eigenvalue weighted by atomic mass is 9.79. The molecule has 1 aliphatic carbocycles. The van der Waals surface area contributed by atoms with E-state index < -0.39 is 15.9 Å². The van der Waals surface area contributed by atoms with Crippen molar-refractivity contribution >= 4 is 15.9 Å². The van der Waals surface area contributed by atoms with Crippen LogP contribution in [0.4, 0.5) is 0 Å². The Morgan fingerprint density at radius 1 is 1.32 bits per heavy atom. The van der Waals surface area contributed by atoms with Crippen LogP contribution in [0.15, 0.2) is 35.2 Å². The molecule has 1 aromatic carbocycles. The quantitative estimate of drug-likeness (QED) is 0.901. The zero-order chi connectivity index (χ0) is 13.9. The Labute approximate surface area is 114 Å². The largest absolute Gasteiger partial charge is 0.274 e. The number of amides is 1. The van der Waals surface area contributed by atoms with Crippen molar-refractivity contribution < 1.29 is 13.2 Å². The zero-order valence-electron chi connectivity index (χ0n) is 11.0. The number of rotatable bonds is 5. The number of benzene rings is 1. The Kier molecular flexibility index (Phi) is 4.24. The van der Waals surface area contributed by atoms with E-state index in [0.29, 0.717) is 5.92 Å². The standard InChI is InChI=1S/C14H19NO3S/c1-11(10-12-6-5-7-12)14(16)15-19(17,18)13-8-3-2-4-9-13/h2-4,8-9,11-12H,5-7,10H2,1H3,(H,15,16)/t11-/m0/s1. The zero-order valence-corrected chi connectivity index (χ0v) is 11.8. The van der Waals surface area contributed by atoms with Gasteiger partial charge in [0.2, 0.25) is 5.91 Å². The summed E-state index contributed by atoms with van der Waals surface area (Å²) in [6.45, 7) is 1.79. The first-order valence-corrected chi connectivity index (χ1v) is 8.09. The summed E-state index contributed by atoms with van der Waals surface area (Å²) in [5.41, 5.74) is 0. The van der Waals surface area contributed by atoms with Crippen molar-refractivity contribution in [3.05, 3.63) is 30.3 Å². The predicted octanol–water partition coefficient (Wildman–Crippen LogP) is 2.32.